The monoisotopic (exact) mass is 669 g/mol. The van der Waals surface area contributed by atoms with E-state index < -0.39 is 40.2 Å². The summed E-state index contributed by atoms with van der Waals surface area (Å²) in [6, 6.07) is 25.5. The summed E-state index contributed by atoms with van der Waals surface area (Å²) in [6.07, 6.45) is 0.761. The molecule has 236 valence electrons. The summed E-state index contributed by atoms with van der Waals surface area (Å²) in [5.41, 5.74) is 1.09. The first-order chi connectivity index (χ1) is 21.5. The highest BCUT2D eigenvalue weighted by Crippen LogP contribution is 2.28. The molecule has 11 heteroatoms. The number of carbonyl (C=O) groups excluding carboxylic acids is 2. The third-order valence-corrected chi connectivity index (χ3v) is 9.62. The van der Waals surface area contributed by atoms with E-state index in [1.165, 1.54) is 59.5 Å². The Kier molecular flexibility index (Phi) is 11.6. The molecular formula is C34H34Cl2FN3O4S. The standard InChI is InChI=1S/C34H34Cl2FN3O4S/c1-3-24(2)38-34(42)32(20-25-10-5-4-6-11-25)39(22-26-12-7-8-15-31(26)37)33(41)23-40(29-14-9-13-28(36)21-29)45(43,44)30-18-16-27(35)17-19-30/h4-19,21,24,32H,3,20,22-23H2,1-2H3,(H,38,42)/t24-,32+/m0/s1. The number of anilines is 1. The fourth-order valence-electron chi connectivity index (χ4n) is 4.70. The molecule has 0 aromatic heterocycles. The van der Waals surface area contributed by atoms with Crippen LogP contribution in [0.2, 0.25) is 10.0 Å². The van der Waals surface area contributed by atoms with Gasteiger partial charge in [-0.25, -0.2) is 12.8 Å². The number of benzene rings is 4. The smallest absolute Gasteiger partial charge is 0.264 e. The second-order valence-electron chi connectivity index (χ2n) is 10.6. The van der Waals surface area contributed by atoms with Gasteiger partial charge in [0.25, 0.3) is 10.0 Å². The second-order valence-corrected chi connectivity index (χ2v) is 13.3. The molecule has 0 saturated heterocycles. The molecule has 45 heavy (non-hydrogen) atoms. The van der Waals surface area contributed by atoms with Crippen LogP contribution < -0.4 is 9.62 Å². The van der Waals surface area contributed by atoms with Crippen molar-refractivity contribution in [3.8, 4) is 0 Å². The molecular weight excluding hydrogens is 636 g/mol. The Morgan fingerprint density at radius 2 is 1.53 bits per heavy atom. The van der Waals surface area contributed by atoms with Crippen molar-refractivity contribution in [1.82, 2.24) is 10.2 Å². The summed E-state index contributed by atoms with van der Waals surface area (Å²) in [5.74, 6) is -1.71. The van der Waals surface area contributed by atoms with E-state index in [0.717, 1.165) is 9.87 Å². The molecule has 0 bridgehead atoms. The third kappa shape index (κ3) is 8.84. The van der Waals surface area contributed by atoms with Gasteiger partial charge in [-0.1, -0.05) is 84.7 Å². The maximum Gasteiger partial charge on any atom is 0.264 e. The van der Waals surface area contributed by atoms with Crippen molar-refractivity contribution in [2.75, 3.05) is 10.8 Å². The van der Waals surface area contributed by atoms with Crippen LogP contribution in [0.5, 0.6) is 0 Å². The van der Waals surface area contributed by atoms with Gasteiger partial charge >= 0.3 is 0 Å². The molecule has 4 rings (SSSR count). The Morgan fingerprint density at radius 1 is 0.867 bits per heavy atom. The summed E-state index contributed by atoms with van der Waals surface area (Å²) >= 11 is 12.3. The van der Waals surface area contributed by atoms with E-state index in [0.29, 0.717) is 11.4 Å². The Balaban J connectivity index is 1.82. The molecule has 4 aromatic carbocycles. The highest BCUT2D eigenvalue weighted by atomic mass is 35.5. The molecule has 0 heterocycles. The predicted octanol–water partition coefficient (Wildman–Crippen LogP) is 6.88. The predicted molar refractivity (Wildman–Crippen MR) is 176 cm³/mol. The van der Waals surface area contributed by atoms with Gasteiger partial charge in [-0.15, -0.1) is 0 Å². The van der Waals surface area contributed by atoms with Crippen LogP contribution in [0.3, 0.4) is 0 Å². The van der Waals surface area contributed by atoms with Gasteiger partial charge < -0.3 is 10.2 Å². The first-order valence-corrected chi connectivity index (χ1v) is 16.6. The van der Waals surface area contributed by atoms with Gasteiger partial charge in [0.2, 0.25) is 11.8 Å². The SMILES string of the molecule is CC[C@H](C)NC(=O)[C@@H](Cc1ccccc1)N(Cc1ccccc1F)C(=O)CN(c1cccc(Cl)c1)S(=O)(=O)c1ccc(Cl)cc1. The van der Waals surface area contributed by atoms with Crippen LogP contribution in [0.25, 0.3) is 0 Å². The lowest BCUT2D eigenvalue weighted by molar-refractivity contribution is -0.140. The molecule has 1 N–H and O–H groups in total. The number of hydrogen-bond acceptors (Lipinski definition) is 4. The Bertz CT molecular complexity index is 1720. The number of nitrogens with one attached hydrogen (secondary N) is 1. The van der Waals surface area contributed by atoms with Crippen molar-refractivity contribution < 1.29 is 22.4 Å². The van der Waals surface area contributed by atoms with E-state index in [9.17, 15) is 18.0 Å². The molecule has 0 unspecified atom stereocenters. The summed E-state index contributed by atoms with van der Waals surface area (Å²) in [4.78, 5) is 29.4. The molecule has 4 aromatic rings. The normalized spacial score (nSPS) is 12.6. The summed E-state index contributed by atoms with van der Waals surface area (Å²) in [5, 5.41) is 3.55. The fraction of sp³-hybridized carbons (Fsp3) is 0.235. The summed E-state index contributed by atoms with van der Waals surface area (Å²) < 4.78 is 44.0. The minimum atomic E-state index is -4.33. The largest absolute Gasteiger partial charge is 0.352 e. The Hall–Kier alpha value is -3.92. The minimum Gasteiger partial charge on any atom is -0.352 e. The average Bonchev–Trinajstić information content (AvgIpc) is 3.02. The molecule has 0 radical (unpaired) electrons. The van der Waals surface area contributed by atoms with Gasteiger partial charge in [-0.3, -0.25) is 13.9 Å². The number of nitrogens with zero attached hydrogens (tertiary/aromatic N) is 2. The fourth-order valence-corrected chi connectivity index (χ4v) is 6.42. The lowest BCUT2D eigenvalue weighted by Gasteiger charge is -2.34. The molecule has 0 aliphatic heterocycles. The maximum atomic E-state index is 15.0. The lowest BCUT2D eigenvalue weighted by Crippen LogP contribution is -2.54. The molecule has 2 amide bonds. The van der Waals surface area contributed by atoms with Crippen molar-refractivity contribution in [2.45, 2.75) is 50.2 Å². The van der Waals surface area contributed by atoms with Gasteiger partial charge in [0.05, 0.1) is 10.6 Å². The summed E-state index contributed by atoms with van der Waals surface area (Å²) in [7, 11) is -4.33. The van der Waals surface area contributed by atoms with Crippen LogP contribution in [0.4, 0.5) is 10.1 Å². The van der Waals surface area contributed by atoms with Crippen molar-refractivity contribution >= 4 is 50.7 Å². The van der Waals surface area contributed by atoms with Gasteiger partial charge in [-0.05, 0) is 67.4 Å². The van der Waals surface area contributed by atoms with Gasteiger partial charge in [0.15, 0.2) is 0 Å². The van der Waals surface area contributed by atoms with Gasteiger partial charge in [0.1, 0.15) is 18.4 Å². The highest BCUT2D eigenvalue weighted by Gasteiger charge is 2.35. The number of amides is 2. The van der Waals surface area contributed by atoms with Crippen LogP contribution in [0.15, 0.2) is 108 Å². The van der Waals surface area contributed by atoms with Crippen LogP contribution in [-0.4, -0.2) is 43.8 Å². The van der Waals surface area contributed by atoms with Crippen LogP contribution >= 0.6 is 23.2 Å². The zero-order valence-electron chi connectivity index (χ0n) is 24.9. The van der Waals surface area contributed by atoms with Gasteiger partial charge in [-0.2, -0.15) is 0 Å². The van der Waals surface area contributed by atoms with E-state index in [2.05, 4.69) is 5.32 Å². The maximum absolute atomic E-state index is 15.0. The second kappa shape index (κ2) is 15.4. The highest BCUT2D eigenvalue weighted by molar-refractivity contribution is 7.92. The van der Waals surface area contributed by atoms with Crippen molar-refractivity contribution in [3.05, 3.63) is 130 Å². The average molecular weight is 671 g/mol. The van der Waals surface area contributed by atoms with Crippen LogP contribution in [0, 0.1) is 5.82 Å². The zero-order chi connectivity index (χ0) is 32.6. The number of carbonyl (C=O) groups is 2. The lowest BCUT2D eigenvalue weighted by atomic mass is 10.0. The molecule has 0 saturated carbocycles. The number of rotatable bonds is 13. The molecule has 0 aliphatic rings. The van der Waals surface area contributed by atoms with Crippen LogP contribution in [-0.2, 0) is 32.6 Å². The van der Waals surface area contributed by atoms with E-state index >= 15 is 4.39 Å². The zero-order valence-corrected chi connectivity index (χ0v) is 27.2. The van der Waals surface area contributed by atoms with E-state index in [1.807, 2.05) is 44.2 Å². The number of halogens is 3. The van der Waals surface area contributed by atoms with Crippen molar-refractivity contribution in [1.29, 1.82) is 0 Å². The molecule has 0 spiro atoms. The quantitative estimate of drug-likeness (QED) is 0.168. The van der Waals surface area contributed by atoms with E-state index in [-0.39, 0.29) is 40.2 Å². The van der Waals surface area contributed by atoms with Crippen molar-refractivity contribution in [2.24, 2.45) is 0 Å². The number of hydrogen-bond donors (Lipinski definition) is 1. The molecule has 7 nitrogen and oxygen atoms in total. The first kappa shape index (κ1) is 34.0. The number of sulfonamides is 1. The Labute approximate surface area is 273 Å². The third-order valence-electron chi connectivity index (χ3n) is 7.35. The van der Waals surface area contributed by atoms with E-state index in [1.54, 1.807) is 18.2 Å². The van der Waals surface area contributed by atoms with Crippen LogP contribution in [0.1, 0.15) is 31.4 Å². The van der Waals surface area contributed by atoms with Crippen molar-refractivity contribution in [3.63, 3.8) is 0 Å². The van der Waals surface area contributed by atoms with E-state index in [4.69, 9.17) is 23.2 Å². The Morgan fingerprint density at radius 3 is 2.18 bits per heavy atom. The minimum absolute atomic E-state index is 0.101. The molecule has 0 aliphatic carbocycles. The van der Waals surface area contributed by atoms with Gasteiger partial charge in [0, 0.05) is 34.6 Å². The molecule has 0 fully saturated rings. The topological polar surface area (TPSA) is 86.8 Å². The molecule has 2 atom stereocenters. The first-order valence-electron chi connectivity index (χ1n) is 14.4. The summed E-state index contributed by atoms with van der Waals surface area (Å²) in [6.45, 7) is 2.80.